The summed E-state index contributed by atoms with van der Waals surface area (Å²) in [5.41, 5.74) is 6.71. The van der Waals surface area contributed by atoms with E-state index in [1.165, 1.54) is 0 Å². The largest absolute Gasteiger partial charge is 0.368 e. The highest BCUT2D eigenvalue weighted by atomic mass is 31.2. The number of hydrogen-bond donors (Lipinski definition) is 2. The number of rotatable bonds is 10. The first-order valence-electron chi connectivity index (χ1n) is 9.95. The van der Waals surface area contributed by atoms with Crippen LogP contribution >= 0.6 is 7.60 Å². The van der Waals surface area contributed by atoms with Crippen LogP contribution < -0.4 is 11.1 Å². The standard InChI is InChI=1S/C20H31N2O5P/c1-3-26-28(25,27-4-2)14-15-10-12-17(13-11-15)20(24)22-18(19(21)23)16-8-6-5-7-9-16/h10-13,16,18H,3-9,14H2,1-2H3,(H2,21,23)(H,22,24)/t18-/m1/s1. The monoisotopic (exact) mass is 410 g/mol. The van der Waals surface area contributed by atoms with Gasteiger partial charge in [0.15, 0.2) is 0 Å². The highest BCUT2D eigenvalue weighted by Crippen LogP contribution is 2.51. The number of nitrogens with one attached hydrogen (secondary N) is 1. The van der Waals surface area contributed by atoms with E-state index in [1.807, 2.05) is 0 Å². The Hall–Kier alpha value is -1.69. The molecule has 0 radical (unpaired) electrons. The van der Waals surface area contributed by atoms with Gasteiger partial charge >= 0.3 is 7.60 Å². The smallest absolute Gasteiger partial charge is 0.335 e. The first kappa shape index (κ1) is 22.6. The molecule has 0 aromatic heterocycles. The van der Waals surface area contributed by atoms with Crippen LogP contribution in [0.1, 0.15) is 61.9 Å². The van der Waals surface area contributed by atoms with Gasteiger partial charge in [-0.2, -0.15) is 0 Å². The van der Waals surface area contributed by atoms with E-state index in [9.17, 15) is 14.2 Å². The van der Waals surface area contributed by atoms with Crippen LogP contribution in [0.4, 0.5) is 0 Å². The van der Waals surface area contributed by atoms with E-state index in [1.54, 1.807) is 38.1 Å². The number of nitrogens with two attached hydrogens (primary N) is 1. The number of benzene rings is 1. The van der Waals surface area contributed by atoms with Gasteiger partial charge in [-0.1, -0.05) is 31.4 Å². The summed E-state index contributed by atoms with van der Waals surface area (Å²) >= 11 is 0. The van der Waals surface area contributed by atoms with Gasteiger partial charge in [-0.05, 0) is 50.3 Å². The summed E-state index contributed by atoms with van der Waals surface area (Å²) in [6.07, 6.45) is 5.21. The summed E-state index contributed by atoms with van der Waals surface area (Å²) in [6.45, 7) is 4.13. The van der Waals surface area contributed by atoms with Crippen molar-refractivity contribution in [3.63, 3.8) is 0 Å². The van der Waals surface area contributed by atoms with Crippen molar-refractivity contribution in [3.8, 4) is 0 Å². The second kappa shape index (κ2) is 10.7. The SMILES string of the molecule is CCOP(=O)(Cc1ccc(C(=O)N[C@@H](C(N)=O)C2CCCCC2)cc1)OCC. The molecule has 7 nitrogen and oxygen atoms in total. The molecule has 1 aliphatic rings. The lowest BCUT2D eigenvalue weighted by Gasteiger charge is -2.28. The molecule has 3 N–H and O–H groups in total. The van der Waals surface area contributed by atoms with Gasteiger partial charge in [-0.15, -0.1) is 0 Å². The highest BCUT2D eigenvalue weighted by molar-refractivity contribution is 7.53. The molecule has 156 valence electrons. The average molecular weight is 410 g/mol. The Morgan fingerprint density at radius 2 is 1.68 bits per heavy atom. The fourth-order valence-electron chi connectivity index (χ4n) is 3.62. The van der Waals surface area contributed by atoms with E-state index < -0.39 is 19.5 Å². The van der Waals surface area contributed by atoms with E-state index in [0.717, 1.165) is 37.7 Å². The van der Waals surface area contributed by atoms with Crippen LogP contribution in [-0.4, -0.2) is 31.1 Å². The molecule has 1 saturated carbocycles. The number of hydrogen-bond acceptors (Lipinski definition) is 5. The van der Waals surface area contributed by atoms with Gasteiger partial charge in [0.05, 0.1) is 19.4 Å². The first-order valence-corrected chi connectivity index (χ1v) is 11.7. The Balaban J connectivity index is 2.03. The fraction of sp³-hybridized carbons (Fsp3) is 0.600. The van der Waals surface area contributed by atoms with Crippen LogP contribution in [0.2, 0.25) is 0 Å². The normalized spacial score (nSPS) is 16.5. The van der Waals surface area contributed by atoms with E-state index >= 15 is 0 Å². The molecule has 1 atom stereocenters. The Morgan fingerprint density at radius 3 is 2.18 bits per heavy atom. The zero-order valence-electron chi connectivity index (χ0n) is 16.7. The first-order chi connectivity index (χ1) is 13.4. The molecule has 1 aliphatic carbocycles. The summed E-state index contributed by atoms with van der Waals surface area (Å²) in [5.74, 6) is -0.734. The lowest BCUT2D eigenvalue weighted by molar-refractivity contribution is -0.121. The molecule has 0 heterocycles. The van der Waals surface area contributed by atoms with Crippen LogP contribution in [0.3, 0.4) is 0 Å². The van der Waals surface area contributed by atoms with Crippen LogP contribution in [0.5, 0.6) is 0 Å². The van der Waals surface area contributed by atoms with Gasteiger partial charge in [-0.25, -0.2) is 0 Å². The molecule has 1 aromatic rings. The molecule has 0 aliphatic heterocycles. The maximum Gasteiger partial charge on any atom is 0.335 e. The van der Waals surface area contributed by atoms with Gasteiger partial charge in [-0.3, -0.25) is 14.2 Å². The maximum atomic E-state index is 12.6. The topological polar surface area (TPSA) is 108 Å². The average Bonchev–Trinajstić information content (AvgIpc) is 2.67. The summed E-state index contributed by atoms with van der Waals surface area (Å²) < 4.78 is 23.2. The Labute approximate surface area is 166 Å². The second-order valence-electron chi connectivity index (χ2n) is 7.05. The van der Waals surface area contributed by atoms with Crippen LogP contribution in [0.25, 0.3) is 0 Å². The molecule has 28 heavy (non-hydrogen) atoms. The summed E-state index contributed by atoms with van der Waals surface area (Å²) in [6, 6.07) is 6.08. The molecular formula is C20H31N2O5P. The minimum absolute atomic E-state index is 0.0951. The Kier molecular flexibility index (Phi) is 8.67. The van der Waals surface area contributed by atoms with Crippen molar-refractivity contribution in [1.82, 2.24) is 5.32 Å². The fourth-order valence-corrected chi connectivity index (χ4v) is 5.32. The van der Waals surface area contributed by atoms with Crippen LogP contribution in [0.15, 0.2) is 24.3 Å². The number of primary amides is 1. The zero-order chi connectivity index (χ0) is 20.6. The third-order valence-corrected chi connectivity index (χ3v) is 7.01. The second-order valence-corrected chi connectivity index (χ2v) is 9.11. The van der Waals surface area contributed by atoms with Crippen molar-refractivity contribution >= 4 is 19.4 Å². The minimum atomic E-state index is -3.20. The van der Waals surface area contributed by atoms with Crippen molar-refractivity contribution < 1.29 is 23.2 Å². The minimum Gasteiger partial charge on any atom is -0.368 e. The quantitative estimate of drug-likeness (QED) is 0.573. The van der Waals surface area contributed by atoms with Gasteiger partial charge in [0, 0.05) is 5.56 Å². The van der Waals surface area contributed by atoms with E-state index in [4.69, 9.17) is 14.8 Å². The molecule has 1 fully saturated rings. The van der Waals surface area contributed by atoms with Crippen molar-refractivity contribution in [2.24, 2.45) is 11.7 Å². The molecule has 1 aromatic carbocycles. The zero-order valence-corrected chi connectivity index (χ0v) is 17.6. The summed E-state index contributed by atoms with van der Waals surface area (Å²) in [7, 11) is -3.20. The Morgan fingerprint density at radius 1 is 1.11 bits per heavy atom. The van der Waals surface area contributed by atoms with Crippen molar-refractivity contribution in [1.29, 1.82) is 0 Å². The number of carbonyl (C=O) groups excluding carboxylic acids is 2. The van der Waals surface area contributed by atoms with Gasteiger partial charge in [0.1, 0.15) is 6.04 Å². The molecule has 8 heteroatoms. The molecule has 0 spiro atoms. The van der Waals surface area contributed by atoms with E-state index in [0.29, 0.717) is 18.8 Å². The Bertz CT molecular complexity index is 691. The molecule has 0 bridgehead atoms. The summed E-state index contributed by atoms with van der Waals surface area (Å²) in [4.78, 5) is 24.4. The molecular weight excluding hydrogens is 379 g/mol. The lowest BCUT2D eigenvalue weighted by atomic mass is 9.83. The maximum absolute atomic E-state index is 12.6. The van der Waals surface area contributed by atoms with E-state index in [2.05, 4.69) is 5.32 Å². The molecule has 0 unspecified atom stereocenters. The number of carbonyl (C=O) groups is 2. The molecule has 2 amide bonds. The lowest BCUT2D eigenvalue weighted by Crippen LogP contribution is -2.49. The van der Waals surface area contributed by atoms with Gasteiger partial charge in [0.2, 0.25) is 5.91 Å². The van der Waals surface area contributed by atoms with Crippen molar-refractivity contribution in [3.05, 3.63) is 35.4 Å². The predicted molar refractivity (Wildman–Crippen MR) is 108 cm³/mol. The van der Waals surface area contributed by atoms with E-state index in [-0.39, 0.29) is 18.0 Å². The van der Waals surface area contributed by atoms with Gasteiger partial charge in [0.25, 0.3) is 5.91 Å². The van der Waals surface area contributed by atoms with Crippen molar-refractivity contribution in [2.45, 2.75) is 58.2 Å². The number of amides is 2. The molecule has 2 rings (SSSR count). The van der Waals surface area contributed by atoms with Crippen LogP contribution in [0, 0.1) is 5.92 Å². The van der Waals surface area contributed by atoms with Crippen LogP contribution in [-0.2, 0) is 24.6 Å². The summed E-state index contributed by atoms with van der Waals surface area (Å²) in [5, 5.41) is 2.79. The third-order valence-electron chi connectivity index (χ3n) is 4.96. The molecule has 0 saturated heterocycles. The predicted octanol–water partition coefficient (Wildman–Crippen LogP) is 3.62. The third kappa shape index (κ3) is 6.43. The van der Waals surface area contributed by atoms with Gasteiger partial charge < -0.3 is 20.1 Å². The highest BCUT2D eigenvalue weighted by Gasteiger charge is 2.30. The van der Waals surface area contributed by atoms with Crippen molar-refractivity contribution in [2.75, 3.05) is 13.2 Å².